The van der Waals surface area contributed by atoms with E-state index in [-0.39, 0.29) is 5.78 Å². The Labute approximate surface area is 179 Å². The van der Waals surface area contributed by atoms with Gasteiger partial charge in [0.05, 0.1) is 25.3 Å². The Balaban J connectivity index is 1.61. The third-order valence-electron chi connectivity index (χ3n) is 4.43. The van der Waals surface area contributed by atoms with Gasteiger partial charge in [-0.15, -0.1) is 0 Å². The van der Waals surface area contributed by atoms with Crippen molar-refractivity contribution in [3.8, 4) is 11.5 Å². The van der Waals surface area contributed by atoms with Gasteiger partial charge in [-0.1, -0.05) is 18.2 Å². The number of rotatable bonds is 7. The van der Waals surface area contributed by atoms with Crippen molar-refractivity contribution in [3.63, 3.8) is 0 Å². The maximum atomic E-state index is 12.4. The fraction of sp³-hybridized carbons (Fsp3) is 0.0800. The van der Waals surface area contributed by atoms with Crippen LogP contribution in [-0.4, -0.2) is 31.9 Å². The van der Waals surface area contributed by atoms with Crippen LogP contribution in [0.25, 0.3) is 6.08 Å². The molecular formula is C25H20O6. The Hall–Kier alpha value is -4.19. The van der Waals surface area contributed by atoms with Gasteiger partial charge in [0.15, 0.2) is 5.78 Å². The minimum absolute atomic E-state index is 0.204. The molecule has 0 saturated heterocycles. The normalized spacial score (nSPS) is 10.5. The van der Waals surface area contributed by atoms with Gasteiger partial charge < -0.3 is 14.2 Å². The van der Waals surface area contributed by atoms with E-state index in [1.807, 2.05) is 0 Å². The van der Waals surface area contributed by atoms with Crippen LogP contribution in [0, 0.1) is 0 Å². The first-order valence-electron chi connectivity index (χ1n) is 9.37. The van der Waals surface area contributed by atoms with Gasteiger partial charge in [0.1, 0.15) is 11.5 Å². The van der Waals surface area contributed by atoms with Crippen LogP contribution in [-0.2, 0) is 4.74 Å². The second kappa shape index (κ2) is 10.0. The summed E-state index contributed by atoms with van der Waals surface area (Å²) in [6.45, 7) is 0. The van der Waals surface area contributed by atoms with E-state index in [1.54, 1.807) is 86.0 Å². The number of methoxy groups -OCH3 is 2. The first-order chi connectivity index (χ1) is 15.0. The quantitative estimate of drug-likeness (QED) is 0.242. The minimum atomic E-state index is -0.503. The Bertz CT molecular complexity index is 1090. The van der Waals surface area contributed by atoms with Crippen molar-refractivity contribution in [1.29, 1.82) is 0 Å². The number of allylic oxidation sites excluding steroid dienone is 1. The van der Waals surface area contributed by atoms with Crippen LogP contribution in [0.3, 0.4) is 0 Å². The van der Waals surface area contributed by atoms with E-state index in [4.69, 9.17) is 9.47 Å². The molecule has 31 heavy (non-hydrogen) atoms. The van der Waals surface area contributed by atoms with Crippen LogP contribution < -0.4 is 9.47 Å². The summed E-state index contributed by atoms with van der Waals surface area (Å²) < 4.78 is 15.0. The Morgan fingerprint density at radius 3 is 1.74 bits per heavy atom. The molecule has 0 spiro atoms. The lowest BCUT2D eigenvalue weighted by atomic mass is 10.1. The molecule has 0 aliphatic heterocycles. The summed E-state index contributed by atoms with van der Waals surface area (Å²) >= 11 is 0. The molecule has 0 fully saturated rings. The maximum absolute atomic E-state index is 12.4. The number of ketones is 1. The van der Waals surface area contributed by atoms with Gasteiger partial charge in [0.2, 0.25) is 0 Å². The number of hydrogen-bond acceptors (Lipinski definition) is 6. The number of carbonyl (C=O) groups excluding carboxylic acids is 3. The Morgan fingerprint density at radius 2 is 1.16 bits per heavy atom. The molecule has 0 aliphatic rings. The molecule has 3 aromatic rings. The summed E-state index contributed by atoms with van der Waals surface area (Å²) in [6, 6.07) is 19.6. The van der Waals surface area contributed by atoms with Crippen molar-refractivity contribution in [2.75, 3.05) is 14.2 Å². The number of esters is 2. The SMILES string of the molecule is COC(=O)c1ccc(C=CC(=O)c2ccc(OC(=O)c3ccc(OC)cc3)cc2)cc1. The molecule has 0 N–H and O–H groups in total. The molecule has 0 heterocycles. The Kier molecular flexibility index (Phi) is 6.96. The zero-order valence-electron chi connectivity index (χ0n) is 17.0. The second-order valence-corrected chi connectivity index (χ2v) is 6.45. The number of benzene rings is 3. The summed E-state index contributed by atoms with van der Waals surface area (Å²) in [5.41, 5.74) is 2.05. The van der Waals surface area contributed by atoms with Crippen molar-refractivity contribution in [3.05, 3.63) is 101 Å². The predicted octanol–water partition coefficient (Wildman–Crippen LogP) is 4.60. The van der Waals surface area contributed by atoms with Gasteiger partial charge in [-0.25, -0.2) is 9.59 Å². The average Bonchev–Trinajstić information content (AvgIpc) is 2.82. The number of carbonyl (C=O) groups is 3. The van der Waals surface area contributed by atoms with E-state index >= 15 is 0 Å². The van der Waals surface area contributed by atoms with E-state index < -0.39 is 11.9 Å². The lowest BCUT2D eigenvalue weighted by Gasteiger charge is -2.06. The molecule has 0 saturated carbocycles. The highest BCUT2D eigenvalue weighted by Gasteiger charge is 2.10. The fourth-order valence-corrected chi connectivity index (χ4v) is 2.70. The molecule has 6 heteroatoms. The smallest absolute Gasteiger partial charge is 0.343 e. The lowest BCUT2D eigenvalue weighted by Crippen LogP contribution is -2.08. The van der Waals surface area contributed by atoms with Crippen LogP contribution >= 0.6 is 0 Å². The van der Waals surface area contributed by atoms with Gasteiger partial charge in [-0.2, -0.15) is 0 Å². The average molecular weight is 416 g/mol. The highest BCUT2D eigenvalue weighted by Crippen LogP contribution is 2.17. The molecule has 0 aromatic heterocycles. The maximum Gasteiger partial charge on any atom is 0.343 e. The first-order valence-corrected chi connectivity index (χ1v) is 9.37. The highest BCUT2D eigenvalue weighted by molar-refractivity contribution is 6.07. The number of hydrogen-bond donors (Lipinski definition) is 0. The van der Waals surface area contributed by atoms with Gasteiger partial charge in [0, 0.05) is 5.56 Å². The summed E-state index contributed by atoms with van der Waals surface area (Å²) in [6.07, 6.45) is 3.09. The summed E-state index contributed by atoms with van der Waals surface area (Å²) in [5.74, 6) is -0.145. The van der Waals surface area contributed by atoms with Crippen molar-refractivity contribution in [2.24, 2.45) is 0 Å². The van der Waals surface area contributed by atoms with Crippen molar-refractivity contribution >= 4 is 23.8 Å². The Morgan fingerprint density at radius 1 is 0.645 bits per heavy atom. The van der Waals surface area contributed by atoms with Gasteiger partial charge in [-0.05, 0) is 72.3 Å². The van der Waals surface area contributed by atoms with Crippen LogP contribution in [0.15, 0.2) is 78.9 Å². The van der Waals surface area contributed by atoms with E-state index in [2.05, 4.69) is 4.74 Å². The van der Waals surface area contributed by atoms with E-state index in [1.165, 1.54) is 13.2 Å². The molecular weight excluding hydrogens is 396 g/mol. The van der Waals surface area contributed by atoms with Crippen molar-refractivity contribution < 1.29 is 28.6 Å². The van der Waals surface area contributed by atoms with Crippen LogP contribution in [0.4, 0.5) is 0 Å². The molecule has 0 amide bonds. The second-order valence-electron chi connectivity index (χ2n) is 6.45. The van der Waals surface area contributed by atoms with Crippen molar-refractivity contribution in [2.45, 2.75) is 0 Å². The topological polar surface area (TPSA) is 78.9 Å². The molecule has 0 aliphatic carbocycles. The molecule has 0 atom stereocenters. The zero-order valence-corrected chi connectivity index (χ0v) is 17.0. The molecule has 156 valence electrons. The predicted molar refractivity (Wildman–Crippen MR) is 116 cm³/mol. The zero-order chi connectivity index (χ0) is 22.2. The lowest BCUT2D eigenvalue weighted by molar-refractivity contribution is 0.0600. The van der Waals surface area contributed by atoms with E-state index in [0.717, 1.165) is 5.56 Å². The largest absolute Gasteiger partial charge is 0.497 e. The molecule has 3 aromatic carbocycles. The van der Waals surface area contributed by atoms with E-state index in [0.29, 0.717) is 28.2 Å². The van der Waals surface area contributed by atoms with Crippen LogP contribution in [0.5, 0.6) is 11.5 Å². The standard InChI is InChI=1S/C25H20O6/c1-29-21-12-10-20(11-13-21)25(28)31-22-14-8-18(9-15-22)23(26)16-5-17-3-6-19(7-4-17)24(27)30-2/h3-16H,1-2H3. The van der Waals surface area contributed by atoms with Crippen molar-refractivity contribution in [1.82, 2.24) is 0 Å². The van der Waals surface area contributed by atoms with Crippen LogP contribution in [0.1, 0.15) is 36.6 Å². The van der Waals surface area contributed by atoms with Gasteiger partial charge in [-0.3, -0.25) is 4.79 Å². The third-order valence-corrected chi connectivity index (χ3v) is 4.43. The van der Waals surface area contributed by atoms with E-state index in [9.17, 15) is 14.4 Å². The molecule has 0 radical (unpaired) electrons. The third kappa shape index (κ3) is 5.67. The first kappa shape index (κ1) is 21.5. The number of ether oxygens (including phenoxy) is 3. The summed E-state index contributed by atoms with van der Waals surface area (Å²) in [5, 5.41) is 0. The van der Waals surface area contributed by atoms with Gasteiger partial charge in [0.25, 0.3) is 0 Å². The molecule has 6 nitrogen and oxygen atoms in total. The molecule has 0 bridgehead atoms. The minimum Gasteiger partial charge on any atom is -0.497 e. The highest BCUT2D eigenvalue weighted by atomic mass is 16.5. The summed E-state index contributed by atoms with van der Waals surface area (Å²) in [4.78, 5) is 36.0. The summed E-state index contributed by atoms with van der Waals surface area (Å²) in [7, 11) is 2.87. The monoisotopic (exact) mass is 416 g/mol. The van der Waals surface area contributed by atoms with Gasteiger partial charge >= 0.3 is 11.9 Å². The molecule has 0 unspecified atom stereocenters. The fourth-order valence-electron chi connectivity index (χ4n) is 2.70. The molecule has 3 rings (SSSR count). The van der Waals surface area contributed by atoms with Crippen LogP contribution in [0.2, 0.25) is 0 Å².